The Morgan fingerprint density at radius 2 is 2.00 bits per heavy atom. The van der Waals surface area contributed by atoms with Crippen molar-refractivity contribution < 1.29 is 14.7 Å². The van der Waals surface area contributed by atoms with Crippen LogP contribution in [0.25, 0.3) is 0 Å². The fraction of sp³-hybridized carbons (Fsp3) is 0.417. The van der Waals surface area contributed by atoms with Crippen LogP contribution < -0.4 is 15.2 Å². The summed E-state index contributed by atoms with van der Waals surface area (Å²) < 4.78 is 10.5. The first-order chi connectivity index (χ1) is 8.21. The molecule has 1 atom stereocenters. The van der Waals surface area contributed by atoms with Crippen molar-refractivity contribution in [2.24, 2.45) is 10.9 Å². The van der Waals surface area contributed by atoms with Gasteiger partial charge in [0.1, 0.15) is 5.84 Å². The lowest BCUT2D eigenvalue weighted by Crippen LogP contribution is -2.20. The summed E-state index contributed by atoms with van der Waals surface area (Å²) in [5.41, 5.74) is 7.90. The molecule has 5 nitrogen and oxygen atoms in total. The van der Waals surface area contributed by atoms with E-state index in [1.54, 1.807) is 14.2 Å². The normalized spacial score (nSPS) is 18.9. The zero-order valence-electron chi connectivity index (χ0n) is 9.93. The maximum atomic E-state index is 8.76. The quantitative estimate of drug-likeness (QED) is 0.360. The van der Waals surface area contributed by atoms with Crippen molar-refractivity contribution in [1.29, 1.82) is 0 Å². The van der Waals surface area contributed by atoms with Crippen molar-refractivity contribution in [1.82, 2.24) is 0 Å². The third-order valence-electron chi connectivity index (χ3n) is 3.20. The number of hydrogen-bond donors (Lipinski definition) is 2. The van der Waals surface area contributed by atoms with E-state index >= 15 is 0 Å². The highest BCUT2D eigenvalue weighted by Gasteiger charge is 2.27. The number of hydrogen-bond acceptors (Lipinski definition) is 4. The molecule has 0 amide bonds. The molecule has 0 aliphatic heterocycles. The van der Waals surface area contributed by atoms with Crippen molar-refractivity contribution in [3.8, 4) is 11.5 Å². The summed E-state index contributed by atoms with van der Waals surface area (Å²) in [4.78, 5) is 0. The molecule has 0 aromatic heterocycles. The zero-order chi connectivity index (χ0) is 12.4. The van der Waals surface area contributed by atoms with Crippen LogP contribution >= 0.6 is 0 Å². The second-order valence-corrected chi connectivity index (χ2v) is 4.02. The number of methoxy groups -OCH3 is 2. The second-order valence-electron chi connectivity index (χ2n) is 4.02. The highest BCUT2D eigenvalue weighted by Crippen LogP contribution is 2.40. The number of amidine groups is 1. The number of benzene rings is 1. The Hall–Kier alpha value is -1.91. The maximum Gasteiger partial charge on any atom is 0.161 e. The van der Waals surface area contributed by atoms with Crippen LogP contribution in [0.1, 0.15) is 23.5 Å². The van der Waals surface area contributed by atoms with Crippen molar-refractivity contribution >= 4 is 5.84 Å². The van der Waals surface area contributed by atoms with Gasteiger partial charge in [0.25, 0.3) is 0 Å². The van der Waals surface area contributed by atoms with Crippen LogP contribution in [0, 0.1) is 0 Å². The molecular formula is C12H16N2O3. The predicted molar refractivity (Wildman–Crippen MR) is 64.0 cm³/mol. The Bertz CT molecular complexity index is 457. The van der Waals surface area contributed by atoms with Crippen molar-refractivity contribution in [3.63, 3.8) is 0 Å². The van der Waals surface area contributed by atoms with Crippen LogP contribution in [0.3, 0.4) is 0 Å². The van der Waals surface area contributed by atoms with Crippen LogP contribution in [0.2, 0.25) is 0 Å². The number of oxime groups is 1. The van der Waals surface area contributed by atoms with Crippen LogP contribution in [-0.4, -0.2) is 25.3 Å². The standard InChI is InChI=1S/C12H16N2O3/c1-16-10-5-7-3-4-8(12(13)14-15)9(7)6-11(10)17-2/h5-6,8,15H,3-4H2,1-2H3,(H2,13,14)/t8-/m1/s1. The molecule has 1 aliphatic carbocycles. The van der Waals surface area contributed by atoms with Crippen molar-refractivity contribution in [3.05, 3.63) is 23.3 Å². The number of nitrogens with two attached hydrogens (primary N) is 1. The lowest BCUT2D eigenvalue weighted by molar-refractivity contribution is 0.315. The molecule has 0 saturated carbocycles. The molecule has 3 N–H and O–H groups in total. The largest absolute Gasteiger partial charge is 0.493 e. The minimum atomic E-state index is -0.0326. The van der Waals surface area contributed by atoms with Gasteiger partial charge in [0.2, 0.25) is 0 Å². The van der Waals surface area contributed by atoms with Gasteiger partial charge in [0.15, 0.2) is 11.5 Å². The van der Waals surface area contributed by atoms with E-state index in [0.29, 0.717) is 11.5 Å². The minimum absolute atomic E-state index is 0.0326. The van der Waals surface area contributed by atoms with Gasteiger partial charge in [0, 0.05) is 5.92 Å². The van der Waals surface area contributed by atoms with Crippen LogP contribution in [0.15, 0.2) is 17.3 Å². The smallest absolute Gasteiger partial charge is 0.161 e. The Labute approximate surface area is 99.8 Å². The first kappa shape index (κ1) is 11.6. The van der Waals surface area contributed by atoms with Gasteiger partial charge in [-0.25, -0.2) is 0 Å². The van der Waals surface area contributed by atoms with Gasteiger partial charge in [-0.1, -0.05) is 5.16 Å². The summed E-state index contributed by atoms with van der Waals surface area (Å²) in [5, 5.41) is 11.8. The average molecular weight is 236 g/mol. The highest BCUT2D eigenvalue weighted by atomic mass is 16.5. The fourth-order valence-corrected chi connectivity index (χ4v) is 2.31. The highest BCUT2D eigenvalue weighted by molar-refractivity contribution is 5.88. The summed E-state index contributed by atoms with van der Waals surface area (Å²) in [7, 11) is 3.21. The SMILES string of the molecule is COc1cc2c(cc1OC)[C@H](/C(N)=N/O)CC2. The predicted octanol–water partition coefficient (Wildman–Crippen LogP) is 1.48. The van der Waals surface area contributed by atoms with Gasteiger partial charge >= 0.3 is 0 Å². The molecule has 2 rings (SSSR count). The van der Waals surface area contributed by atoms with Crippen molar-refractivity contribution in [2.45, 2.75) is 18.8 Å². The third-order valence-corrected chi connectivity index (χ3v) is 3.20. The Morgan fingerprint density at radius 3 is 2.59 bits per heavy atom. The van der Waals surface area contributed by atoms with Gasteiger partial charge in [-0.15, -0.1) is 0 Å². The van der Waals surface area contributed by atoms with E-state index in [9.17, 15) is 0 Å². The fourth-order valence-electron chi connectivity index (χ4n) is 2.31. The molecule has 1 aliphatic rings. The summed E-state index contributed by atoms with van der Waals surface area (Å²) >= 11 is 0. The van der Waals surface area contributed by atoms with Gasteiger partial charge in [0.05, 0.1) is 14.2 Å². The molecule has 17 heavy (non-hydrogen) atoms. The number of rotatable bonds is 3. The molecule has 92 valence electrons. The van der Waals surface area contributed by atoms with Gasteiger partial charge < -0.3 is 20.4 Å². The molecular weight excluding hydrogens is 220 g/mol. The topological polar surface area (TPSA) is 77.1 Å². The first-order valence-electron chi connectivity index (χ1n) is 5.43. The van der Waals surface area contributed by atoms with E-state index in [1.807, 2.05) is 12.1 Å². The van der Waals surface area contributed by atoms with Gasteiger partial charge in [-0.05, 0) is 36.1 Å². The Morgan fingerprint density at radius 1 is 1.35 bits per heavy atom. The molecule has 0 spiro atoms. The molecule has 0 bridgehead atoms. The molecule has 0 radical (unpaired) electrons. The van der Waals surface area contributed by atoms with E-state index in [4.69, 9.17) is 20.4 Å². The number of ether oxygens (including phenoxy) is 2. The molecule has 1 aromatic carbocycles. The average Bonchev–Trinajstić information content (AvgIpc) is 2.78. The number of fused-ring (bicyclic) bond motifs is 1. The molecule has 5 heteroatoms. The summed E-state index contributed by atoms with van der Waals surface area (Å²) in [6.45, 7) is 0. The molecule has 0 saturated heterocycles. The van der Waals surface area contributed by atoms with Gasteiger partial charge in [-0.2, -0.15) is 0 Å². The Kier molecular flexibility index (Phi) is 3.08. The molecule has 0 fully saturated rings. The Balaban J connectivity index is 2.46. The van der Waals surface area contributed by atoms with Crippen LogP contribution in [0.5, 0.6) is 11.5 Å². The first-order valence-corrected chi connectivity index (χ1v) is 5.43. The van der Waals surface area contributed by atoms with Crippen LogP contribution in [0.4, 0.5) is 0 Å². The lowest BCUT2D eigenvalue weighted by atomic mass is 10.00. The summed E-state index contributed by atoms with van der Waals surface area (Å²) in [6.07, 6.45) is 1.75. The molecule has 0 unspecified atom stereocenters. The third kappa shape index (κ3) is 1.88. The lowest BCUT2D eigenvalue weighted by Gasteiger charge is -2.13. The van der Waals surface area contributed by atoms with Gasteiger partial charge in [-0.3, -0.25) is 0 Å². The van der Waals surface area contributed by atoms with E-state index in [0.717, 1.165) is 18.4 Å². The number of aryl methyl sites for hydroxylation is 1. The summed E-state index contributed by atoms with van der Waals surface area (Å²) in [6, 6.07) is 3.86. The van der Waals surface area contributed by atoms with E-state index < -0.39 is 0 Å². The monoisotopic (exact) mass is 236 g/mol. The van der Waals surface area contributed by atoms with E-state index in [-0.39, 0.29) is 11.8 Å². The maximum absolute atomic E-state index is 8.76. The molecule has 0 heterocycles. The van der Waals surface area contributed by atoms with Crippen LogP contribution in [-0.2, 0) is 6.42 Å². The second kappa shape index (κ2) is 4.53. The van der Waals surface area contributed by atoms with E-state index in [1.165, 1.54) is 5.56 Å². The minimum Gasteiger partial charge on any atom is -0.493 e. The number of nitrogens with zero attached hydrogens (tertiary/aromatic N) is 1. The zero-order valence-corrected chi connectivity index (χ0v) is 9.93. The van der Waals surface area contributed by atoms with E-state index in [2.05, 4.69) is 5.16 Å². The summed E-state index contributed by atoms with van der Waals surface area (Å²) in [5.74, 6) is 1.60. The molecule has 1 aromatic rings. The van der Waals surface area contributed by atoms with Crippen molar-refractivity contribution in [2.75, 3.05) is 14.2 Å².